The number of hydrogen-bond acceptors (Lipinski definition) is 4. The van der Waals surface area contributed by atoms with Gasteiger partial charge in [-0.2, -0.15) is 0 Å². The lowest BCUT2D eigenvalue weighted by Crippen LogP contribution is -2.23. The normalized spacial score (nSPS) is 17.2. The van der Waals surface area contributed by atoms with Gasteiger partial charge in [-0.25, -0.2) is 0 Å². The van der Waals surface area contributed by atoms with Crippen molar-refractivity contribution < 1.29 is 0 Å². The SMILES string of the molecule is NCCCC1C=CN=c2cc(-c3ccccc3)c3c(c21)N=CC=NC=3. The Balaban J connectivity index is 2.00. The van der Waals surface area contributed by atoms with Crippen molar-refractivity contribution in [2.45, 2.75) is 18.8 Å². The molecule has 0 bridgehead atoms. The fraction of sp³-hybridized carbons (Fsp3) is 0.190. The van der Waals surface area contributed by atoms with Crippen LogP contribution in [-0.2, 0) is 0 Å². The molecule has 4 rings (SSSR count). The van der Waals surface area contributed by atoms with Crippen LogP contribution in [0.1, 0.15) is 24.3 Å². The molecule has 0 radical (unpaired) electrons. The quantitative estimate of drug-likeness (QED) is 0.921. The summed E-state index contributed by atoms with van der Waals surface area (Å²) in [4.78, 5) is 13.7. The predicted octanol–water partition coefficient (Wildman–Crippen LogP) is 2.85. The molecule has 2 N–H and O–H groups in total. The summed E-state index contributed by atoms with van der Waals surface area (Å²) in [7, 11) is 0. The van der Waals surface area contributed by atoms with Crippen molar-refractivity contribution >= 4 is 24.3 Å². The number of fused-ring (bicyclic) bond motifs is 3. The highest BCUT2D eigenvalue weighted by Crippen LogP contribution is 2.30. The van der Waals surface area contributed by atoms with Gasteiger partial charge in [-0.3, -0.25) is 15.0 Å². The van der Waals surface area contributed by atoms with E-state index in [1.807, 2.05) is 30.6 Å². The van der Waals surface area contributed by atoms with Crippen LogP contribution in [0.2, 0.25) is 0 Å². The number of hydrogen-bond donors (Lipinski definition) is 1. The van der Waals surface area contributed by atoms with Crippen LogP contribution in [0.25, 0.3) is 17.3 Å². The molecule has 1 unspecified atom stereocenters. The van der Waals surface area contributed by atoms with Crippen molar-refractivity contribution in [3.8, 4) is 11.1 Å². The third-order valence-corrected chi connectivity index (χ3v) is 4.62. The largest absolute Gasteiger partial charge is 0.330 e. The maximum Gasteiger partial charge on any atom is 0.0783 e. The topological polar surface area (TPSA) is 63.1 Å². The molecule has 4 heteroatoms. The van der Waals surface area contributed by atoms with Gasteiger partial charge in [0.05, 0.1) is 11.0 Å². The number of allylic oxidation sites excluding steroid dienone is 1. The van der Waals surface area contributed by atoms with Gasteiger partial charge in [-0.05, 0) is 36.6 Å². The maximum atomic E-state index is 5.73. The molecular weight excluding hydrogens is 308 g/mol. The van der Waals surface area contributed by atoms with Gasteiger partial charge in [0.1, 0.15) is 0 Å². The summed E-state index contributed by atoms with van der Waals surface area (Å²) in [5.74, 6) is 0.290. The molecule has 1 atom stereocenters. The maximum absolute atomic E-state index is 5.73. The minimum atomic E-state index is 0.290. The van der Waals surface area contributed by atoms with Gasteiger partial charge in [-0.1, -0.05) is 36.4 Å². The molecule has 0 aromatic heterocycles. The van der Waals surface area contributed by atoms with Gasteiger partial charge in [0.15, 0.2) is 0 Å². The second kappa shape index (κ2) is 6.95. The molecule has 0 saturated heterocycles. The summed E-state index contributed by atoms with van der Waals surface area (Å²) in [6.07, 6.45) is 11.4. The van der Waals surface area contributed by atoms with Crippen LogP contribution in [0.5, 0.6) is 0 Å². The van der Waals surface area contributed by atoms with Gasteiger partial charge in [0.2, 0.25) is 0 Å². The first-order chi connectivity index (χ1) is 12.4. The van der Waals surface area contributed by atoms with Crippen LogP contribution >= 0.6 is 0 Å². The number of nitrogens with zero attached hydrogens (tertiary/aromatic N) is 3. The van der Waals surface area contributed by atoms with Crippen molar-refractivity contribution in [2.24, 2.45) is 20.7 Å². The number of aliphatic imine (C=N–C) groups is 2. The Kier molecular flexibility index (Phi) is 4.36. The van der Waals surface area contributed by atoms with Gasteiger partial charge in [0.25, 0.3) is 0 Å². The minimum Gasteiger partial charge on any atom is -0.330 e. The van der Waals surface area contributed by atoms with Crippen LogP contribution in [0.4, 0.5) is 5.69 Å². The minimum absolute atomic E-state index is 0.290. The zero-order chi connectivity index (χ0) is 17.1. The van der Waals surface area contributed by atoms with Crippen molar-refractivity contribution in [2.75, 3.05) is 6.54 Å². The first-order valence-corrected chi connectivity index (χ1v) is 8.61. The van der Waals surface area contributed by atoms with E-state index in [4.69, 9.17) is 10.7 Å². The Hall–Kier alpha value is -2.85. The Labute approximate surface area is 146 Å². The first-order valence-electron chi connectivity index (χ1n) is 8.61. The standard InChI is InChI=1S/C21H20N4/c22-9-4-7-16-8-10-24-19-13-17(15-5-2-1-3-6-15)18-14-23-11-12-25-21(18)20(16)19/h1-3,5-6,8,10-14,16H,4,7,9,22H2. The molecule has 4 nitrogen and oxygen atoms in total. The molecule has 124 valence electrons. The average Bonchev–Trinajstić information content (AvgIpc) is 2.92. The molecule has 2 aromatic carbocycles. The lowest BCUT2D eigenvalue weighted by Gasteiger charge is -2.20. The summed E-state index contributed by atoms with van der Waals surface area (Å²) in [5.41, 5.74) is 10.1. The first kappa shape index (κ1) is 15.7. The van der Waals surface area contributed by atoms with Gasteiger partial charge >= 0.3 is 0 Å². The summed E-state index contributed by atoms with van der Waals surface area (Å²) >= 11 is 0. The van der Waals surface area contributed by atoms with Crippen LogP contribution in [0.3, 0.4) is 0 Å². The zero-order valence-electron chi connectivity index (χ0n) is 14.0. The average molecular weight is 328 g/mol. The molecule has 2 heterocycles. The highest BCUT2D eigenvalue weighted by molar-refractivity contribution is 6.18. The second-order valence-corrected chi connectivity index (χ2v) is 6.20. The molecular formula is C21H20N4. The van der Waals surface area contributed by atoms with E-state index < -0.39 is 0 Å². The summed E-state index contributed by atoms with van der Waals surface area (Å²) in [6, 6.07) is 12.5. The van der Waals surface area contributed by atoms with Gasteiger partial charge in [-0.15, -0.1) is 0 Å². The van der Waals surface area contributed by atoms with Gasteiger partial charge < -0.3 is 5.73 Å². The lowest BCUT2D eigenvalue weighted by atomic mass is 9.88. The van der Waals surface area contributed by atoms with Crippen LogP contribution in [-0.4, -0.2) is 19.0 Å². The smallest absolute Gasteiger partial charge is 0.0783 e. The number of rotatable bonds is 4. The Morgan fingerprint density at radius 2 is 1.96 bits per heavy atom. The van der Waals surface area contributed by atoms with Crippen LogP contribution < -0.4 is 16.3 Å². The fourth-order valence-corrected chi connectivity index (χ4v) is 3.45. The summed E-state index contributed by atoms with van der Waals surface area (Å²) < 4.78 is 0. The molecule has 0 fully saturated rings. The monoisotopic (exact) mass is 328 g/mol. The third-order valence-electron chi connectivity index (χ3n) is 4.62. The predicted molar refractivity (Wildman–Crippen MR) is 104 cm³/mol. The molecule has 0 amide bonds. The van der Waals surface area contributed by atoms with Crippen LogP contribution in [0.15, 0.2) is 63.7 Å². The lowest BCUT2D eigenvalue weighted by molar-refractivity contribution is 0.674. The van der Waals surface area contributed by atoms with E-state index in [1.54, 1.807) is 12.4 Å². The third kappa shape index (κ3) is 2.96. The van der Waals surface area contributed by atoms with Crippen molar-refractivity contribution in [1.29, 1.82) is 0 Å². The molecule has 0 aliphatic carbocycles. The molecule has 2 aliphatic heterocycles. The van der Waals surface area contributed by atoms with Crippen LogP contribution in [0, 0.1) is 0 Å². The molecule has 25 heavy (non-hydrogen) atoms. The zero-order valence-corrected chi connectivity index (χ0v) is 14.0. The van der Waals surface area contributed by atoms with E-state index in [0.717, 1.165) is 40.2 Å². The van der Waals surface area contributed by atoms with Crippen molar-refractivity contribution in [3.05, 3.63) is 64.8 Å². The molecule has 2 aliphatic rings. The van der Waals surface area contributed by atoms with E-state index >= 15 is 0 Å². The summed E-state index contributed by atoms with van der Waals surface area (Å²) in [6.45, 7) is 0.694. The fourth-order valence-electron chi connectivity index (χ4n) is 3.45. The van der Waals surface area contributed by atoms with Crippen molar-refractivity contribution in [1.82, 2.24) is 0 Å². The second-order valence-electron chi connectivity index (χ2n) is 6.20. The molecule has 2 aromatic rings. The van der Waals surface area contributed by atoms with E-state index in [9.17, 15) is 0 Å². The van der Waals surface area contributed by atoms with Gasteiger partial charge in [0, 0.05) is 41.5 Å². The Morgan fingerprint density at radius 3 is 2.80 bits per heavy atom. The van der Waals surface area contributed by atoms with E-state index in [-0.39, 0.29) is 0 Å². The highest BCUT2D eigenvalue weighted by Gasteiger charge is 2.20. The number of nitrogens with two attached hydrogens (primary N) is 1. The number of benzene rings is 2. The molecule has 0 saturated carbocycles. The van der Waals surface area contributed by atoms with E-state index in [1.165, 1.54) is 5.56 Å². The highest BCUT2D eigenvalue weighted by atomic mass is 14.8. The Bertz CT molecular complexity index is 985. The summed E-state index contributed by atoms with van der Waals surface area (Å²) in [5, 5.41) is 2.05. The molecule has 0 spiro atoms. The van der Waals surface area contributed by atoms with Crippen molar-refractivity contribution in [3.63, 3.8) is 0 Å². The Morgan fingerprint density at radius 1 is 1.08 bits per heavy atom. The van der Waals surface area contributed by atoms with E-state index in [0.29, 0.717) is 12.5 Å². The van der Waals surface area contributed by atoms with E-state index in [2.05, 4.69) is 34.3 Å².